The van der Waals surface area contributed by atoms with Gasteiger partial charge in [-0.05, 0) is 135 Å². The van der Waals surface area contributed by atoms with Gasteiger partial charge in [-0.3, -0.25) is 9.59 Å². The Hall–Kier alpha value is -3.64. The largest absolute Gasteiger partial charge is 0.460 e. The van der Waals surface area contributed by atoms with Crippen molar-refractivity contribution in [1.29, 1.82) is 0 Å². The Morgan fingerprint density at radius 1 is 0.594 bits per heavy atom. The van der Waals surface area contributed by atoms with Gasteiger partial charge in [0.15, 0.2) is 0 Å². The quantitative estimate of drug-likeness (QED) is 0.0437. The second kappa shape index (κ2) is 31.3. The Morgan fingerprint density at radius 2 is 1.00 bits per heavy atom. The highest BCUT2D eigenvalue weighted by atomic mass is 127. The molecule has 6 aromatic rings. The van der Waals surface area contributed by atoms with Gasteiger partial charge in [-0.1, -0.05) is 73.0 Å². The second-order valence-electron chi connectivity index (χ2n) is 15.2. The van der Waals surface area contributed by atoms with Crippen LogP contribution in [0.25, 0.3) is 20.4 Å². The van der Waals surface area contributed by atoms with Crippen molar-refractivity contribution >= 4 is 146 Å². The Labute approximate surface area is 423 Å². The van der Waals surface area contributed by atoms with Crippen LogP contribution < -0.4 is 22.9 Å². The van der Waals surface area contributed by atoms with Crippen molar-refractivity contribution in [3.63, 3.8) is 0 Å². The molecule has 348 valence electrons. The van der Waals surface area contributed by atoms with Crippen LogP contribution in [0.5, 0.6) is 0 Å². The minimum absolute atomic E-state index is 0.165. The summed E-state index contributed by atoms with van der Waals surface area (Å²) < 4.78 is 24.5. The van der Waals surface area contributed by atoms with Crippen LogP contribution >= 0.6 is 92.3 Å². The zero-order chi connectivity index (χ0) is 48.3. The van der Waals surface area contributed by atoms with Gasteiger partial charge >= 0.3 is 11.9 Å². The summed E-state index contributed by atoms with van der Waals surface area (Å²) in [4.78, 5) is 32.3. The number of methoxy groups -OCH3 is 2. The van der Waals surface area contributed by atoms with E-state index in [1.807, 2.05) is 133 Å². The van der Waals surface area contributed by atoms with Gasteiger partial charge in [0, 0.05) is 45.6 Å². The summed E-state index contributed by atoms with van der Waals surface area (Å²) in [5.41, 5.74) is 24.2. The van der Waals surface area contributed by atoms with Crippen molar-refractivity contribution < 1.29 is 28.5 Å². The molecule has 0 spiro atoms. The van der Waals surface area contributed by atoms with Crippen molar-refractivity contribution in [2.75, 3.05) is 32.3 Å². The van der Waals surface area contributed by atoms with Crippen molar-refractivity contribution in [3.8, 4) is 0 Å². The maximum absolute atomic E-state index is 11.6. The molecule has 2 aromatic heterocycles. The average molecular weight is 1180 g/mol. The number of aromatic nitrogens is 2. The first kappa shape index (κ1) is 58.4. The number of fused-ring (bicyclic) bond motifs is 2. The molecule has 6 rings (SSSR count). The summed E-state index contributed by atoms with van der Waals surface area (Å²) in [5, 5.41) is 2.03. The molecule has 0 saturated carbocycles. The lowest BCUT2D eigenvalue weighted by atomic mass is 10.2. The fourth-order valence-corrected chi connectivity index (χ4v) is 7.34. The van der Waals surface area contributed by atoms with Gasteiger partial charge in [-0.25, -0.2) is 9.97 Å². The normalized spacial score (nSPS) is 10.4. The van der Waals surface area contributed by atoms with E-state index in [1.165, 1.54) is 4.70 Å². The van der Waals surface area contributed by atoms with E-state index in [0.29, 0.717) is 42.5 Å². The van der Waals surface area contributed by atoms with Gasteiger partial charge in [0.05, 0.1) is 61.5 Å². The number of ether oxygens (including phenoxy) is 4. The van der Waals surface area contributed by atoms with Gasteiger partial charge in [0.2, 0.25) is 0 Å². The van der Waals surface area contributed by atoms with E-state index in [1.54, 1.807) is 36.9 Å². The zero-order valence-electron chi connectivity index (χ0n) is 37.5. The molecule has 0 aliphatic carbocycles. The lowest BCUT2D eigenvalue weighted by Gasteiger charge is -2.19. The second-order valence-corrected chi connectivity index (χ2v) is 20.8. The number of benzene rings is 4. The summed E-state index contributed by atoms with van der Waals surface area (Å²) in [7, 11) is 3.24. The lowest BCUT2D eigenvalue weighted by molar-refractivity contribution is -0.155. The summed E-state index contributed by atoms with van der Waals surface area (Å²) in [6.07, 6.45) is 1.72. The number of nitrogens with two attached hydrogens (primary N) is 4. The molecule has 8 N–H and O–H groups in total. The first-order valence-electron chi connectivity index (χ1n) is 19.7. The topological polar surface area (TPSA) is 201 Å². The molecule has 2 heterocycles. The predicted molar refractivity (Wildman–Crippen MR) is 292 cm³/mol. The number of halogens is 2. The first-order valence-corrected chi connectivity index (χ1v) is 24.3. The van der Waals surface area contributed by atoms with Crippen LogP contribution in [-0.2, 0) is 41.6 Å². The molecule has 0 atom stereocenters. The number of rotatable bonds is 10. The van der Waals surface area contributed by atoms with Gasteiger partial charge < -0.3 is 41.9 Å². The number of thiazole rings is 2. The number of para-hydroxylation sites is 4. The highest BCUT2D eigenvalue weighted by Crippen LogP contribution is 2.23. The fourth-order valence-electron chi connectivity index (χ4n) is 4.44. The fraction of sp³-hybridized carbons (Fsp3) is 0.348. The molecular weight excluding hydrogens is 1110 g/mol. The average Bonchev–Trinajstić information content (AvgIpc) is 3.82. The number of anilines is 2. The Bertz CT molecular complexity index is 2180. The Balaban J connectivity index is 0.000000399. The molecule has 0 saturated heterocycles. The summed E-state index contributed by atoms with van der Waals surface area (Å²) in [5.74, 6) is -0.419. The van der Waals surface area contributed by atoms with Crippen molar-refractivity contribution in [1.82, 2.24) is 9.97 Å². The van der Waals surface area contributed by atoms with Crippen LogP contribution in [0.2, 0.25) is 0 Å². The number of hydrogen-bond acceptors (Lipinski definition) is 14. The van der Waals surface area contributed by atoms with E-state index >= 15 is 0 Å². The maximum atomic E-state index is 11.6. The minimum atomic E-state index is -0.423. The highest BCUT2D eigenvalue weighted by molar-refractivity contribution is 14.1. The molecule has 0 unspecified atom stereocenters. The summed E-state index contributed by atoms with van der Waals surface area (Å²) >= 11 is 16.8. The molecular formula is C46H60I2N6O6S4. The maximum Gasteiger partial charge on any atom is 0.306 e. The third-order valence-electron chi connectivity index (χ3n) is 7.00. The van der Waals surface area contributed by atoms with E-state index in [0.717, 1.165) is 44.3 Å². The Morgan fingerprint density at radius 3 is 1.34 bits per heavy atom. The van der Waals surface area contributed by atoms with Crippen LogP contribution in [0.4, 0.5) is 11.4 Å². The smallest absolute Gasteiger partial charge is 0.306 e. The third kappa shape index (κ3) is 28.3. The van der Waals surface area contributed by atoms with E-state index in [4.69, 9.17) is 37.1 Å². The number of hydrogen-bond donors (Lipinski definition) is 4. The monoisotopic (exact) mass is 1170 g/mol. The van der Waals surface area contributed by atoms with Gasteiger partial charge in [0.1, 0.15) is 16.2 Å². The molecule has 4 aromatic carbocycles. The molecule has 0 fully saturated rings. The molecule has 64 heavy (non-hydrogen) atoms. The van der Waals surface area contributed by atoms with Crippen LogP contribution in [-0.4, -0.2) is 63.9 Å². The van der Waals surface area contributed by atoms with Crippen LogP contribution in [0.15, 0.2) is 97.1 Å². The molecule has 12 nitrogen and oxygen atoms in total. The molecule has 0 amide bonds. The van der Waals surface area contributed by atoms with Crippen LogP contribution in [0, 0.1) is 7.14 Å². The summed E-state index contributed by atoms with van der Waals surface area (Å²) in [6.45, 7) is 12.1. The van der Waals surface area contributed by atoms with Crippen molar-refractivity contribution in [2.45, 2.75) is 85.0 Å². The van der Waals surface area contributed by atoms with E-state index in [-0.39, 0.29) is 18.4 Å². The molecule has 0 radical (unpaired) electrons. The number of nitrogen functional groups attached to an aromatic ring is 2. The van der Waals surface area contributed by atoms with Crippen molar-refractivity contribution in [3.05, 3.63) is 114 Å². The SMILES string of the molecule is CC(C)(C)OC(=O)CCC(N)=S.CC(C)(C)OC(=O)CCc1nc2ccccc2s1.COCC(N)=S.COCc1nc2ccccc2s1.Nc1ccccc1I.Nc1ccccc1I. The molecule has 0 bridgehead atoms. The van der Waals surface area contributed by atoms with E-state index in [2.05, 4.69) is 90.4 Å². The number of nitrogens with zero attached hydrogens (tertiary/aromatic N) is 2. The number of esters is 2. The predicted octanol–water partition coefficient (Wildman–Crippen LogP) is 11.1. The summed E-state index contributed by atoms with van der Waals surface area (Å²) in [6, 6.07) is 31.7. The number of carbonyl (C=O) groups excluding carboxylic acids is 2. The first-order chi connectivity index (χ1) is 30.0. The van der Waals surface area contributed by atoms with Crippen LogP contribution in [0.1, 0.15) is 70.8 Å². The number of thiocarbonyl (C=S) groups is 2. The third-order valence-corrected chi connectivity index (χ3v) is 11.4. The molecule has 0 aliphatic heterocycles. The zero-order valence-corrected chi connectivity index (χ0v) is 45.1. The number of aryl methyl sites for hydroxylation is 1. The Kier molecular flexibility index (Phi) is 28.6. The number of carbonyl (C=O) groups is 2. The highest BCUT2D eigenvalue weighted by Gasteiger charge is 2.17. The van der Waals surface area contributed by atoms with E-state index < -0.39 is 11.2 Å². The van der Waals surface area contributed by atoms with Gasteiger partial charge in [-0.2, -0.15) is 0 Å². The van der Waals surface area contributed by atoms with Gasteiger partial charge in [0.25, 0.3) is 0 Å². The van der Waals surface area contributed by atoms with Crippen LogP contribution in [0.3, 0.4) is 0 Å². The molecule has 0 aliphatic rings. The van der Waals surface area contributed by atoms with Crippen molar-refractivity contribution in [2.24, 2.45) is 11.5 Å². The lowest BCUT2D eigenvalue weighted by Crippen LogP contribution is -2.24. The van der Waals surface area contributed by atoms with Gasteiger partial charge in [-0.15, -0.1) is 22.7 Å². The van der Waals surface area contributed by atoms with E-state index in [9.17, 15) is 9.59 Å². The minimum Gasteiger partial charge on any atom is -0.460 e. The standard InChI is InChI=1S/C14H17NO2S.C9H9NOS.C8H15NO2S.2C6H6IN.C3H7NOS/c1-14(2,3)17-13(16)9-8-12-15-10-6-4-5-7-11(10)18-12;1-11-6-9-10-7-4-2-3-5-8(7)12-9;1-8(2,3)11-7(10)5-4-6(9)12;2*7-5-3-1-2-4-6(5)8;1-5-2-3(4)6/h4-7H,8-9H2,1-3H3;2-5H,6H2,1H3;4-5H2,1-3H3,(H2,9,12);2*1-4H,8H2;2H2,1H3,(H2,4,6). The molecule has 18 heteroatoms.